The molecule has 0 spiro atoms. The molecular weight excluding hydrogens is 391 g/mol. The maximum Gasteiger partial charge on any atom is 0.266 e. The van der Waals surface area contributed by atoms with E-state index in [2.05, 4.69) is 4.72 Å². The Morgan fingerprint density at radius 2 is 1.56 bits per heavy atom. The first kappa shape index (κ1) is 24.3. The first-order chi connectivity index (χ1) is 12.0. The van der Waals surface area contributed by atoms with Crippen LogP contribution in [0.3, 0.4) is 0 Å². The van der Waals surface area contributed by atoms with Crippen LogP contribution in [-0.4, -0.2) is 17.6 Å². The van der Waals surface area contributed by atoms with Crippen molar-refractivity contribution in [2.24, 2.45) is 0 Å². The van der Waals surface area contributed by atoms with E-state index in [9.17, 15) is 17.7 Å². The first-order valence-electron chi connectivity index (χ1n) is 8.96. The van der Waals surface area contributed by atoms with E-state index < -0.39 is 48.3 Å². The van der Waals surface area contributed by atoms with Crippen molar-refractivity contribution in [2.75, 3.05) is 0 Å². The summed E-state index contributed by atoms with van der Waals surface area (Å²) in [7, 11) is -2.29. The summed E-state index contributed by atoms with van der Waals surface area (Å²) in [4.78, 5) is 0. The highest BCUT2D eigenvalue weighted by Crippen LogP contribution is 2.39. The quantitative estimate of drug-likeness (QED) is 0.434. The molecule has 0 aliphatic heterocycles. The molecule has 3 nitrogen and oxygen atoms in total. The van der Waals surface area contributed by atoms with Crippen LogP contribution in [-0.2, 0) is 11.4 Å². The Bertz CT molecular complexity index is 658. The molecule has 0 heterocycles. The fraction of sp³-hybridized carbons (Fsp3) is 0.684. The predicted octanol–water partition coefficient (Wildman–Crippen LogP) is 6.26. The second kappa shape index (κ2) is 8.35. The fourth-order valence-electron chi connectivity index (χ4n) is 2.02. The minimum atomic E-state index is -2.97. The maximum absolute atomic E-state index is 14.7. The van der Waals surface area contributed by atoms with E-state index in [1.54, 1.807) is 27.7 Å². The summed E-state index contributed by atoms with van der Waals surface area (Å²) in [5.74, 6) is -0.762. The average Bonchev–Trinajstić information content (AvgIpc) is 2.45. The highest BCUT2D eigenvalue weighted by atomic mass is 32.2. The molecule has 0 amide bonds. The molecule has 2 unspecified atom stereocenters. The van der Waals surface area contributed by atoms with E-state index in [1.807, 2.05) is 33.9 Å². The Morgan fingerprint density at radius 3 is 1.96 bits per heavy atom. The molecule has 0 aromatic heterocycles. The average molecular weight is 424 g/mol. The van der Waals surface area contributed by atoms with Gasteiger partial charge in [-0.25, -0.2) is 13.2 Å². The third kappa shape index (κ3) is 6.14. The van der Waals surface area contributed by atoms with Gasteiger partial charge in [0, 0.05) is 16.9 Å². The molecular formula is C19H32F3NO2SSi. The van der Waals surface area contributed by atoms with Gasteiger partial charge in [0.15, 0.2) is 0 Å². The lowest BCUT2D eigenvalue weighted by Crippen LogP contribution is -2.44. The fourth-order valence-corrected chi connectivity index (χ4v) is 3.84. The zero-order chi connectivity index (χ0) is 21.4. The van der Waals surface area contributed by atoms with Gasteiger partial charge in [0.25, 0.3) is 6.43 Å². The van der Waals surface area contributed by atoms with Crippen molar-refractivity contribution in [3.63, 3.8) is 0 Å². The zero-order valence-electron chi connectivity index (χ0n) is 17.7. The van der Waals surface area contributed by atoms with Gasteiger partial charge in [-0.15, -0.1) is 4.72 Å². The molecule has 2 atom stereocenters. The molecule has 0 bridgehead atoms. The van der Waals surface area contributed by atoms with E-state index in [0.29, 0.717) is 0 Å². The second-order valence-electron chi connectivity index (χ2n) is 9.30. The van der Waals surface area contributed by atoms with Crippen LogP contribution >= 0.6 is 0 Å². The lowest BCUT2D eigenvalue weighted by atomic mass is 10.0. The molecule has 0 radical (unpaired) electrons. The lowest BCUT2D eigenvalue weighted by Gasteiger charge is -2.36. The number of nitrogens with one attached hydrogen (secondary N) is 1. The standard InChI is InChI=1S/C19H32F3NO2SSi/c1-12(23-26(24)18(2,3)4)14-10-13(11-15(16(14)20)17(21)22)25-27(8,9)19(5,6)7/h10-12,17,23H,1-9H3. The first-order valence-corrected chi connectivity index (χ1v) is 13.0. The third-order valence-electron chi connectivity index (χ3n) is 4.82. The van der Waals surface area contributed by atoms with Crippen LogP contribution in [0.2, 0.25) is 18.1 Å². The van der Waals surface area contributed by atoms with Crippen molar-refractivity contribution in [3.8, 4) is 5.75 Å². The van der Waals surface area contributed by atoms with Crippen LogP contribution < -0.4 is 9.15 Å². The number of hydrogen-bond donors (Lipinski definition) is 1. The number of alkyl halides is 2. The molecule has 0 fully saturated rings. The van der Waals surface area contributed by atoms with Crippen molar-refractivity contribution in [3.05, 3.63) is 29.1 Å². The molecule has 8 heteroatoms. The third-order valence-corrected chi connectivity index (χ3v) is 10.9. The number of benzene rings is 1. The van der Waals surface area contributed by atoms with Crippen LogP contribution in [0, 0.1) is 5.82 Å². The number of halogens is 3. The van der Waals surface area contributed by atoms with Gasteiger partial charge in [-0.1, -0.05) is 20.8 Å². The summed E-state index contributed by atoms with van der Waals surface area (Å²) in [6, 6.07) is 1.81. The van der Waals surface area contributed by atoms with Crippen molar-refractivity contribution in [1.29, 1.82) is 0 Å². The Kier molecular flexibility index (Phi) is 7.52. The van der Waals surface area contributed by atoms with Gasteiger partial charge < -0.3 is 8.98 Å². The molecule has 156 valence electrons. The van der Waals surface area contributed by atoms with Gasteiger partial charge >= 0.3 is 0 Å². The summed E-state index contributed by atoms with van der Waals surface area (Å²) in [6.07, 6.45) is -2.97. The maximum atomic E-state index is 14.7. The highest BCUT2D eigenvalue weighted by Gasteiger charge is 2.39. The topological polar surface area (TPSA) is 44.3 Å². The van der Waals surface area contributed by atoms with Gasteiger partial charge in [-0.3, -0.25) is 0 Å². The molecule has 0 saturated carbocycles. The Hall–Kier alpha value is -0.703. The molecule has 0 aliphatic carbocycles. The normalized spacial score (nSPS) is 15.8. The Balaban J connectivity index is 3.34. The van der Waals surface area contributed by atoms with Gasteiger partial charge in [0.05, 0.1) is 11.6 Å². The van der Waals surface area contributed by atoms with E-state index in [-0.39, 0.29) is 16.4 Å². The van der Waals surface area contributed by atoms with E-state index >= 15 is 0 Å². The largest absolute Gasteiger partial charge is 0.598 e. The molecule has 1 rings (SSSR count). The molecule has 27 heavy (non-hydrogen) atoms. The lowest BCUT2D eigenvalue weighted by molar-refractivity contribution is 0.145. The van der Waals surface area contributed by atoms with Gasteiger partial charge in [0.2, 0.25) is 8.32 Å². The van der Waals surface area contributed by atoms with E-state index in [4.69, 9.17) is 4.43 Å². The van der Waals surface area contributed by atoms with Crippen LogP contribution in [0.5, 0.6) is 5.75 Å². The van der Waals surface area contributed by atoms with Crippen molar-refractivity contribution >= 4 is 19.7 Å². The van der Waals surface area contributed by atoms with E-state index in [0.717, 1.165) is 6.07 Å². The summed E-state index contributed by atoms with van der Waals surface area (Å²) >= 11 is -1.47. The molecule has 1 N–H and O–H groups in total. The zero-order valence-corrected chi connectivity index (χ0v) is 19.5. The number of rotatable bonds is 6. The van der Waals surface area contributed by atoms with Crippen LogP contribution in [0.1, 0.15) is 72.1 Å². The summed E-state index contributed by atoms with van der Waals surface area (Å²) in [5.41, 5.74) is -0.671. The van der Waals surface area contributed by atoms with Gasteiger partial charge in [-0.2, -0.15) is 0 Å². The van der Waals surface area contributed by atoms with Gasteiger partial charge in [0.1, 0.15) is 16.3 Å². The van der Waals surface area contributed by atoms with Gasteiger partial charge in [-0.05, 0) is 58.0 Å². The second-order valence-corrected chi connectivity index (χ2v) is 16.0. The highest BCUT2D eigenvalue weighted by molar-refractivity contribution is 7.90. The number of hydrogen-bond acceptors (Lipinski definition) is 3. The van der Waals surface area contributed by atoms with Crippen molar-refractivity contribution < 1.29 is 22.2 Å². The SMILES string of the molecule is CC(N[S+]([O-])C(C)(C)C)c1cc(O[Si](C)(C)C(C)(C)C)cc(C(F)F)c1F. The Labute approximate surface area is 165 Å². The van der Waals surface area contributed by atoms with Crippen LogP contribution in [0.15, 0.2) is 12.1 Å². The minimum Gasteiger partial charge on any atom is -0.598 e. The monoisotopic (exact) mass is 423 g/mol. The predicted molar refractivity (Wildman–Crippen MR) is 109 cm³/mol. The van der Waals surface area contributed by atoms with Crippen LogP contribution in [0.4, 0.5) is 13.2 Å². The summed E-state index contributed by atoms with van der Waals surface area (Å²) in [6.45, 7) is 17.0. The van der Waals surface area contributed by atoms with Crippen LogP contribution in [0.25, 0.3) is 0 Å². The van der Waals surface area contributed by atoms with Crippen molar-refractivity contribution in [2.45, 2.75) is 83.8 Å². The molecule has 0 saturated heterocycles. The smallest absolute Gasteiger partial charge is 0.266 e. The molecule has 0 aliphatic rings. The molecule has 1 aromatic rings. The van der Waals surface area contributed by atoms with E-state index in [1.165, 1.54) is 6.07 Å². The summed E-state index contributed by atoms with van der Waals surface area (Å²) in [5, 5.41) is -0.135. The minimum absolute atomic E-state index is 0.0270. The molecule has 1 aromatic carbocycles. The van der Waals surface area contributed by atoms with Crippen molar-refractivity contribution in [1.82, 2.24) is 4.72 Å². The Morgan fingerprint density at radius 1 is 1.07 bits per heavy atom. The summed E-state index contributed by atoms with van der Waals surface area (Å²) < 4.78 is 62.2.